The quantitative estimate of drug-likeness (QED) is 0.456. The van der Waals surface area contributed by atoms with Crippen molar-refractivity contribution >= 4 is 28.1 Å². The number of rotatable bonds is 3. The molecule has 0 spiro atoms. The third kappa shape index (κ3) is 1.96. The van der Waals surface area contributed by atoms with Crippen molar-refractivity contribution in [3.8, 4) is 0 Å². The van der Waals surface area contributed by atoms with Crippen LogP contribution in [0.2, 0.25) is 0 Å². The molecule has 1 aromatic carbocycles. The fraction of sp³-hybridized carbons (Fsp3) is 0.111. The maximum atomic E-state index is 11.3. The number of nitro benzene ring substituents is 3. The first kappa shape index (κ1) is 14.8. The molecule has 0 unspecified atom stereocenters. The molecule has 114 valence electrons. The molecule has 0 aliphatic rings. The number of aromatic amines is 2. The Labute approximate surface area is 117 Å². The molecule has 2 rings (SSSR count). The van der Waals surface area contributed by atoms with Crippen LogP contribution in [0.25, 0.3) is 11.0 Å². The largest absolute Gasteiger partial charge is 0.372 e. The molecule has 13 nitrogen and oxygen atoms in total. The Morgan fingerprint density at radius 1 is 0.727 bits per heavy atom. The molecule has 22 heavy (non-hydrogen) atoms. The second kappa shape index (κ2) is 4.72. The van der Waals surface area contributed by atoms with E-state index in [0.717, 1.165) is 6.92 Å². The number of nitrogens with one attached hydrogen (secondary N) is 2. The third-order valence-corrected chi connectivity index (χ3v) is 2.89. The molecular formula is C9H5N5O8. The number of hydrogen-bond donors (Lipinski definition) is 2. The summed E-state index contributed by atoms with van der Waals surface area (Å²) in [6.45, 7) is 0.937. The molecule has 0 fully saturated rings. The summed E-state index contributed by atoms with van der Waals surface area (Å²) >= 11 is 0. The van der Waals surface area contributed by atoms with E-state index >= 15 is 0 Å². The van der Waals surface area contributed by atoms with Gasteiger partial charge in [0.2, 0.25) is 0 Å². The van der Waals surface area contributed by atoms with Crippen molar-refractivity contribution < 1.29 is 14.8 Å². The van der Waals surface area contributed by atoms with E-state index in [4.69, 9.17) is 0 Å². The van der Waals surface area contributed by atoms with Crippen LogP contribution in [0.3, 0.4) is 0 Å². The molecule has 2 aromatic rings. The highest BCUT2D eigenvalue weighted by molar-refractivity contribution is 5.97. The normalized spacial score (nSPS) is 10.6. The van der Waals surface area contributed by atoms with Crippen molar-refractivity contribution in [1.82, 2.24) is 9.97 Å². The van der Waals surface area contributed by atoms with E-state index < -0.39 is 59.5 Å². The Hall–Kier alpha value is -3.64. The molecule has 0 atom stereocenters. The van der Waals surface area contributed by atoms with E-state index in [-0.39, 0.29) is 0 Å². The summed E-state index contributed by atoms with van der Waals surface area (Å²) < 4.78 is 0. The zero-order valence-electron chi connectivity index (χ0n) is 10.6. The van der Waals surface area contributed by atoms with Gasteiger partial charge in [-0.2, -0.15) is 0 Å². The van der Waals surface area contributed by atoms with Crippen LogP contribution in [-0.4, -0.2) is 24.7 Å². The van der Waals surface area contributed by atoms with E-state index in [0.29, 0.717) is 0 Å². The van der Waals surface area contributed by atoms with Gasteiger partial charge in [-0.1, -0.05) is 0 Å². The first-order valence-corrected chi connectivity index (χ1v) is 5.42. The highest BCUT2D eigenvalue weighted by Crippen LogP contribution is 2.41. The monoisotopic (exact) mass is 311 g/mol. The average molecular weight is 311 g/mol. The molecule has 0 radical (unpaired) electrons. The number of nitrogens with zero attached hydrogens (tertiary/aromatic N) is 3. The van der Waals surface area contributed by atoms with Crippen LogP contribution in [0.5, 0.6) is 0 Å². The Morgan fingerprint density at radius 3 is 1.45 bits per heavy atom. The fourth-order valence-corrected chi connectivity index (χ4v) is 2.05. The molecule has 0 saturated heterocycles. The van der Waals surface area contributed by atoms with Crippen LogP contribution in [-0.2, 0) is 0 Å². The smallest absolute Gasteiger partial charge is 0.310 e. The van der Waals surface area contributed by atoms with E-state index in [2.05, 4.69) is 0 Å². The standard InChI is InChI=1S/C9H5N5O8/c1-2-5(12(17)18)3-4(11-9(16)8(15)10-3)7(14(21)22)6(2)13(19)20/h1H3,(H,10,15)(H,11,16). The van der Waals surface area contributed by atoms with Gasteiger partial charge >= 0.3 is 28.2 Å². The van der Waals surface area contributed by atoms with Gasteiger partial charge in [-0.3, -0.25) is 39.9 Å². The van der Waals surface area contributed by atoms with Gasteiger partial charge < -0.3 is 9.97 Å². The number of H-pyrrole nitrogens is 2. The Balaban J connectivity index is 3.29. The maximum absolute atomic E-state index is 11.3. The number of fused-ring (bicyclic) bond motifs is 1. The van der Waals surface area contributed by atoms with E-state index in [1.54, 1.807) is 4.98 Å². The van der Waals surface area contributed by atoms with Gasteiger partial charge in [-0.25, -0.2) is 0 Å². The van der Waals surface area contributed by atoms with Crippen LogP contribution >= 0.6 is 0 Å². The Kier molecular flexibility index (Phi) is 3.17. The van der Waals surface area contributed by atoms with Gasteiger partial charge in [0.15, 0.2) is 11.0 Å². The zero-order chi connectivity index (χ0) is 16.8. The summed E-state index contributed by atoms with van der Waals surface area (Å²) in [5.41, 5.74) is -7.86. The van der Waals surface area contributed by atoms with Crippen molar-refractivity contribution in [3.63, 3.8) is 0 Å². The Morgan fingerprint density at radius 2 is 1.09 bits per heavy atom. The predicted molar refractivity (Wildman–Crippen MR) is 69.9 cm³/mol. The van der Waals surface area contributed by atoms with Crippen molar-refractivity contribution in [1.29, 1.82) is 0 Å². The van der Waals surface area contributed by atoms with Crippen molar-refractivity contribution in [2.24, 2.45) is 0 Å². The first-order chi connectivity index (χ1) is 10.2. The van der Waals surface area contributed by atoms with Crippen LogP contribution in [0.15, 0.2) is 9.59 Å². The number of benzene rings is 1. The SMILES string of the molecule is Cc1c([N+](=O)[O-])c([N+](=O)[O-])c2[nH]c(=O)c(=O)[nH]c2c1[N+](=O)[O-]. The van der Waals surface area contributed by atoms with E-state index in [1.807, 2.05) is 4.98 Å². The maximum Gasteiger partial charge on any atom is 0.372 e. The van der Waals surface area contributed by atoms with Crippen molar-refractivity contribution in [2.45, 2.75) is 6.92 Å². The Bertz CT molecular complexity index is 971. The van der Waals surface area contributed by atoms with Crippen LogP contribution < -0.4 is 11.1 Å². The summed E-state index contributed by atoms with van der Waals surface area (Å²) in [5, 5.41) is 33.2. The molecule has 13 heteroatoms. The van der Waals surface area contributed by atoms with E-state index in [1.165, 1.54) is 0 Å². The van der Waals surface area contributed by atoms with Crippen molar-refractivity contribution in [2.75, 3.05) is 0 Å². The highest BCUT2D eigenvalue weighted by Gasteiger charge is 2.38. The van der Waals surface area contributed by atoms with Gasteiger partial charge in [0.1, 0.15) is 5.56 Å². The lowest BCUT2D eigenvalue weighted by atomic mass is 10.1. The topological polar surface area (TPSA) is 195 Å². The molecule has 2 N–H and O–H groups in total. The second-order valence-corrected chi connectivity index (χ2v) is 4.10. The predicted octanol–water partition coefficient (Wildman–Crippen LogP) is 0.249. The average Bonchev–Trinajstić information content (AvgIpc) is 2.38. The molecule has 1 aromatic heterocycles. The molecular weight excluding hydrogens is 306 g/mol. The highest BCUT2D eigenvalue weighted by atomic mass is 16.6. The van der Waals surface area contributed by atoms with Crippen molar-refractivity contribution in [3.05, 3.63) is 56.6 Å². The first-order valence-electron chi connectivity index (χ1n) is 5.42. The summed E-state index contributed by atoms with van der Waals surface area (Å²) in [6, 6.07) is 0. The van der Waals surface area contributed by atoms with Crippen LogP contribution in [0, 0.1) is 37.3 Å². The minimum atomic E-state index is -1.33. The minimum Gasteiger partial charge on any atom is -0.310 e. The molecule has 0 bridgehead atoms. The molecule has 0 amide bonds. The molecule has 0 aliphatic carbocycles. The molecule has 1 heterocycles. The van der Waals surface area contributed by atoms with Gasteiger partial charge in [-0.15, -0.1) is 0 Å². The van der Waals surface area contributed by atoms with Gasteiger partial charge in [0.25, 0.3) is 0 Å². The molecule has 0 saturated carbocycles. The molecule has 0 aliphatic heterocycles. The third-order valence-electron chi connectivity index (χ3n) is 2.89. The lowest BCUT2D eigenvalue weighted by Crippen LogP contribution is -2.29. The van der Waals surface area contributed by atoms with Gasteiger partial charge in [0, 0.05) is 0 Å². The van der Waals surface area contributed by atoms with Crippen LogP contribution in [0.4, 0.5) is 17.1 Å². The van der Waals surface area contributed by atoms with Gasteiger partial charge in [-0.05, 0) is 6.92 Å². The second-order valence-electron chi connectivity index (χ2n) is 4.10. The summed E-state index contributed by atoms with van der Waals surface area (Å²) in [6.07, 6.45) is 0. The zero-order valence-corrected chi connectivity index (χ0v) is 10.6. The summed E-state index contributed by atoms with van der Waals surface area (Å²) in [5.74, 6) is 0. The number of nitro groups is 3. The fourth-order valence-electron chi connectivity index (χ4n) is 2.05. The van der Waals surface area contributed by atoms with Crippen LogP contribution in [0.1, 0.15) is 5.56 Å². The van der Waals surface area contributed by atoms with E-state index in [9.17, 15) is 39.9 Å². The lowest BCUT2D eigenvalue weighted by molar-refractivity contribution is -0.423. The summed E-state index contributed by atoms with van der Waals surface area (Å²) in [4.78, 5) is 56.0. The number of hydrogen-bond acceptors (Lipinski definition) is 8. The van der Waals surface area contributed by atoms with Gasteiger partial charge in [0.05, 0.1) is 14.8 Å². The minimum absolute atomic E-state index is 0.614. The number of aromatic nitrogens is 2. The lowest BCUT2D eigenvalue weighted by Gasteiger charge is -2.05. The summed E-state index contributed by atoms with van der Waals surface area (Å²) in [7, 11) is 0.